The van der Waals surface area contributed by atoms with Crippen LogP contribution in [0.5, 0.6) is 0 Å². The summed E-state index contributed by atoms with van der Waals surface area (Å²) in [6.07, 6.45) is 5.96. The second-order valence-corrected chi connectivity index (χ2v) is 7.06. The van der Waals surface area contributed by atoms with Gasteiger partial charge in [0.25, 0.3) is 0 Å². The highest BCUT2D eigenvalue weighted by atomic mass is 79.9. The minimum Gasteiger partial charge on any atom is -0.356 e. The topological polar surface area (TPSA) is 27.1 Å². The van der Waals surface area contributed by atoms with E-state index in [9.17, 15) is 4.39 Å². The van der Waals surface area contributed by atoms with Gasteiger partial charge in [-0.15, -0.1) is 0 Å². The molecule has 4 rings (SSSR count). The summed E-state index contributed by atoms with van der Waals surface area (Å²) < 4.78 is 22.9. The molecule has 0 spiro atoms. The van der Waals surface area contributed by atoms with E-state index in [1.807, 2.05) is 10.7 Å². The van der Waals surface area contributed by atoms with Crippen molar-refractivity contribution in [3.05, 3.63) is 27.3 Å². The third kappa shape index (κ3) is 2.21. The number of fused-ring (bicyclic) bond motifs is 1. The second kappa shape index (κ2) is 4.93. The van der Waals surface area contributed by atoms with E-state index in [-0.39, 0.29) is 6.23 Å². The molecule has 6 heteroatoms. The van der Waals surface area contributed by atoms with E-state index in [2.05, 4.69) is 21.0 Å². The molecule has 0 radical (unpaired) electrons. The van der Waals surface area contributed by atoms with Crippen LogP contribution >= 0.6 is 27.5 Å². The van der Waals surface area contributed by atoms with E-state index in [4.69, 9.17) is 16.3 Å². The van der Waals surface area contributed by atoms with Crippen LogP contribution in [0.2, 0.25) is 5.02 Å². The molecule has 2 fully saturated rings. The SMILES string of the molecule is FC1(c2c(Cl)cc3c(cnn3C3CCCCO3)c2Br)CC1. The van der Waals surface area contributed by atoms with Gasteiger partial charge < -0.3 is 4.74 Å². The molecule has 112 valence electrons. The Hall–Kier alpha value is -0.650. The Labute approximate surface area is 135 Å². The Balaban J connectivity index is 1.85. The monoisotopic (exact) mass is 372 g/mol. The van der Waals surface area contributed by atoms with Crippen LogP contribution < -0.4 is 0 Å². The van der Waals surface area contributed by atoms with E-state index in [1.54, 1.807) is 6.20 Å². The highest BCUT2D eigenvalue weighted by Crippen LogP contribution is 2.55. The molecule has 1 aliphatic heterocycles. The summed E-state index contributed by atoms with van der Waals surface area (Å²) in [6, 6.07) is 1.82. The third-order valence-corrected chi connectivity index (χ3v) is 5.48. The van der Waals surface area contributed by atoms with Crippen molar-refractivity contribution in [3.63, 3.8) is 0 Å². The summed E-state index contributed by atoms with van der Waals surface area (Å²) in [5.74, 6) is 0. The van der Waals surface area contributed by atoms with Gasteiger partial charge in [-0.3, -0.25) is 0 Å². The first kappa shape index (κ1) is 14.0. The average Bonchev–Trinajstić information content (AvgIpc) is 3.06. The van der Waals surface area contributed by atoms with Crippen molar-refractivity contribution in [2.24, 2.45) is 0 Å². The lowest BCUT2D eigenvalue weighted by Gasteiger charge is -2.23. The van der Waals surface area contributed by atoms with Gasteiger partial charge >= 0.3 is 0 Å². The first-order valence-electron chi connectivity index (χ1n) is 7.26. The van der Waals surface area contributed by atoms with Gasteiger partial charge in [0, 0.05) is 22.0 Å². The maximum absolute atomic E-state index is 14.5. The highest BCUT2D eigenvalue weighted by molar-refractivity contribution is 9.10. The summed E-state index contributed by atoms with van der Waals surface area (Å²) in [7, 11) is 0. The predicted octanol–water partition coefficient (Wildman–Crippen LogP) is 5.11. The van der Waals surface area contributed by atoms with Crippen molar-refractivity contribution in [2.75, 3.05) is 6.61 Å². The zero-order chi connectivity index (χ0) is 14.6. The minimum atomic E-state index is -1.27. The fraction of sp³-hybridized carbons (Fsp3) is 0.533. The van der Waals surface area contributed by atoms with Gasteiger partial charge in [-0.2, -0.15) is 5.10 Å². The molecule has 21 heavy (non-hydrogen) atoms. The Bertz CT molecular complexity index is 707. The van der Waals surface area contributed by atoms with Gasteiger partial charge in [0.15, 0.2) is 6.23 Å². The largest absolute Gasteiger partial charge is 0.356 e. The first-order valence-corrected chi connectivity index (χ1v) is 8.43. The molecule has 3 nitrogen and oxygen atoms in total. The molecular formula is C15H15BrClFN2O. The molecule has 2 aliphatic rings. The fourth-order valence-electron chi connectivity index (χ4n) is 3.03. The van der Waals surface area contributed by atoms with Crippen LogP contribution in [-0.2, 0) is 10.4 Å². The van der Waals surface area contributed by atoms with Crippen LogP contribution in [0.4, 0.5) is 4.39 Å². The second-order valence-electron chi connectivity index (χ2n) is 5.86. The Kier molecular flexibility index (Phi) is 3.28. The number of benzene rings is 1. The normalized spacial score (nSPS) is 24.4. The summed E-state index contributed by atoms with van der Waals surface area (Å²) in [5, 5.41) is 5.81. The third-order valence-electron chi connectivity index (χ3n) is 4.36. The lowest BCUT2D eigenvalue weighted by atomic mass is 10.1. The van der Waals surface area contributed by atoms with E-state index in [0.29, 0.717) is 23.4 Å². The molecule has 1 aromatic carbocycles. The van der Waals surface area contributed by atoms with Gasteiger partial charge in [-0.25, -0.2) is 9.07 Å². The smallest absolute Gasteiger partial charge is 0.150 e. The lowest BCUT2D eigenvalue weighted by molar-refractivity contribution is -0.0366. The number of hydrogen-bond donors (Lipinski definition) is 0. The van der Waals surface area contributed by atoms with Crippen LogP contribution in [-0.4, -0.2) is 16.4 Å². The van der Waals surface area contributed by atoms with E-state index >= 15 is 0 Å². The predicted molar refractivity (Wildman–Crippen MR) is 83.3 cm³/mol. The molecule has 2 aromatic rings. The Morgan fingerprint density at radius 3 is 2.90 bits per heavy atom. The van der Waals surface area contributed by atoms with Crippen LogP contribution in [0.15, 0.2) is 16.7 Å². The van der Waals surface area contributed by atoms with Crippen molar-refractivity contribution in [2.45, 2.75) is 44.0 Å². The lowest BCUT2D eigenvalue weighted by Crippen LogP contribution is -2.19. The number of aromatic nitrogens is 2. The van der Waals surface area contributed by atoms with E-state index < -0.39 is 5.67 Å². The van der Waals surface area contributed by atoms with Crippen LogP contribution in [0.25, 0.3) is 10.9 Å². The molecule has 1 aromatic heterocycles. The van der Waals surface area contributed by atoms with Crippen molar-refractivity contribution in [3.8, 4) is 0 Å². The fourth-order valence-corrected chi connectivity index (χ4v) is 4.39. The maximum Gasteiger partial charge on any atom is 0.150 e. The van der Waals surface area contributed by atoms with Crippen LogP contribution in [0.1, 0.15) is 43.9 Å². The van der Waals surface area contributed by atoms with E-state index in [1.165, 1.54) is 0 Å². The summed E-state index contributed by atoms with van der Waals surface area (Å²) in [5.41, 5.74) is 0.195. The molecular weight excluding hydrogens is 359 g/mol. The standard InChI is InChI=1S/C15H15BrClFN2O/c16-14-9-8-19-20(12-3-1-2-6-21-12)11(9)7-10(17)13(14)15(18)4-5-15/h7-8,12H,1-6H2. The number of hydrogen-bond acceptors (Lipinski definition) is 2. The molecule has 1 unspecified atom stereocenters. The minimum absolute atomic E-state index is 0.0506. The maximum atomic E-state index is 14.5. The van der Waals surface area contributed by atoms with Gasteiger partial charge in [0.05, 0.1) is 16.7 Å². The zero-order valence-corrected chi connectivity index (χ0v) is 13.8. The molecule has 1 atom stereocenters. The van der Waals surface area contributed by atoms with Crippen molar-refractivity contribution in [1.82, 2.24) is 9.78 Å². The van der Waals surface area contributed by atoms with Crippen molar-refractivity contribution in [1.29, 1.82) is 0 Å². The van der Waals surface area contributed by atoms with E-state index in [0.717, 1.165) is 41.2 Å². The average molecular weight is 374 g/mol. The molecule has 1 aliphatic carbocycles. The Morgan fingerprint density at radius 1 is 1.43 bits per heavy atom. The van der Waals surface area contributed by atoms with Crippen LogP contribution in [0, 0.1) is 0 Å². The molecule has 2 heterocycles. The molecule has 0 N–H and O–H groups in total. The van der Waals surface area contributed by atoms with Gasteiger partial charge in [-0.05, 0) is 54.1 Å². The van der Waals surface area contributed by atoms with Crippen LogP contribution in [0.3, 0.4) is 0 Å². The molecule has 0 amide bonds. The van der Waals surface area contributed by atoms with Gasteiger partial charge in [-0.1, -0.05) is 11.6 Å². The number of ether oxygens (including phenoxy) is 1. The molecule has 1 saturated carbocycles. The van der Waals surface area contributed by atoms with Crippen molar-refractivity contribution >= 4 is 38.4 Å². The zero-order valence-electron chi connectivity index (χ0n) is 11.4. The first-order chi connectivity index (χ1) is 10.1. The number of halogens is 3. The Morgan fingerprint density at radius 2 is 2.24 bits per heavy atom. The molecule has 1 saturated heterocycles. The quantitative estimate of drug-likeness (QED) is 0.731. The summed E-state index contributed by atoms with van der Waals surface area (Å²) >= 11 is 9.88. The number of nitrogens with zero attached hydrogens (tertiary/aromatic N) is 2. The summed E-state index contributed by atoms with van der Waals surface area (Å²) in [6.45, 7) is 0.757. The molecule has 0 bridgehead atoms. The van der Waals surface area contributed by atoms with Crippen molar-refractivity contribution < 1.29 is 9.13 Å². The van der Waals surface area contributed by atoms with Gasteiger partial charge in [0.1, 0.15) is 5.67 Å². The number of rotatable bonds is 2. The summed E-state index contributed by atoms with van der Waals surface area (Å²) in [4.78, 5) is 0. The number of alkyl halides is 1. The van der Waals surface area contributed by atoms with Gasteiger partial charge in [0.2, 0.25) is 0 Å². The highest BCUT2D eigenvalue weighted by Gasteiger charge is 2.48.